The molecule has 1 aliphatic heterocycles. The molecule has 2 N–H and O–H groups in total. The maximum absolute atomic E-state index is 11.9. The van der Waals surface area contributed by atoms with Crippen LogP contribution in [0.3, 0.4) is 0 Å². The normalized spacial score (nSPS) is 18.7. The molecule has 0 spiro atoms. The number of piperidine rings is 1. The first kappa shape index (κ1) is 19.7. The third-order valence-electron chi connectivity index (χ3n) is 4.36. The number of urea groups is 1. The number of nitrogens with one attached hydrogen (secondary N) is 2. The second-order valence-electron chi connectivity index (χ2n) is 7.04. The molecule has 1 aromatic rings. The number of carbonyl (C=O) groups excluding carboxylic acids is 1. The van der Waals surface area contributed by atoms with Crippen LogP contribution in [-0.4, -0.2) is 51.8 Å². The van der Waals surface area contributed by atoms with Crippen LogP contribution in [0.25, 0.3) is 0 Å². The van der Waals surface area contributed by atoms with Gasteiger partial charge in [-0.2, -0.15) is 0 Å². The number of sulfone groups is 1. The molecule has 1 aliphatic rings. The summed E-state index contributed by atoms with van der Waals surface area (Å²) in [5.41, 5.74) is 1.70. The van der Waals surface area contributed by atoms with Crippen molar-refractivity contribution in [2.45, 2.75) is 32.1 Å². The Kier molecular flexibility index (Phi) is 7.25. The lowest BCUT2D eigenvalue weighted by atomic mass is 10.0. The van der Waals surface area contributed by atoms with Gasteiger partial charge in [-0.15, -0.1) is 0 Å². The third kappa shape index (κ3) is 7.88. The number of rotatable bonds is 7. The molecule has 25 heavy (non-hydrogen) atoms. The summed E-state index contributed by atoms with van der Waals surface area (Å²) in [7, 11) is -3.02. The van der Waals surface area contributed by atoms with Crippen LogP contribution in [0.4, 0.5) is 4.79 Å². The van der Waals surface area contributed by atoms with Crippen LogP contribution in [0.5, 0.6) is 0 Å². The molecule has 2 amide bonds. The molecule has 0 saturated carbocycles. The van der Waals surface area contributed by atoms with Crippen molar-refractivity contribution in [1.29, 1.82) is 0 Å². The zero-order valence-electron chi connectivity index (χ0n) is 15.1. The van der Waals surface area contributed by atoms with E-state index in [9.17, 15) is 13.2 Å². The minimum Gasteiger partial charge on any atom is -0.337 e. The third-order valence-corrected chi connectivity index (χ3v) is 5.22. The number of nitrogens with zero attached hydrogens (tertiary/aromatic N) is 1. The Hall–Kier alpha value is -1.60. The maximum Gasteiger partial charge on any atom is 0.315 e. The number of amides is 2. The molecular weight excluding hydrogens is 338 g/mol. The molecule has 1 saturated heterocycles. The first-order chi connectivity index (χ1) is 11.8. The average Bonchev–Trinajstić information content (AvgIpc) is 2.53. The van der Waals surface area contributed by atoms with Gasteiger partial charge in [0, 0.05) is 32.4 Å². The number of likely N-dealkylation sites (tertiary alicyclic amines) is 1. The van der Waals surface area contributed by atoms with Crippen LogP contribution in [-0.2, 0) is 22.1 Å². The summed E-state index contributed by atoms with van der Waals surface area (Å²) in [5, 5.41) is 5.71. The van der Waals surface area contributed by atoms with Crippen molar-refractivity contribution in [3.05, 3.63) is 35.4 Å². The zero-order valence-corrected chi connectivity index (χ0v) is 15.9. The standard InChI is InChI=1S/C18H29N3O3S/c1-15-4-3-10-21(13-15)11-9-19-18(22)20-12-16-5-7-17(8-6-16)14-25(2,23)24/h5-8,15H,3-4,9-14H2,1-2H3,(H2,19,20,22). The predicted octanol–water partition coefficient (Wildman–Crippen LogP) is 1.76. The smallest absolute Gasteiger partial charge is 0.315 e. The summed E-state index contributed by atoms with van der Waals surface area (Å²) in [6, 6.07) is 7.08. The fraction of sp³-hybridized carbons (Fsp3) is 0.611. The summed E-state index contributed by atoms with van der Waals surface area (Å²) in [5.74, 6) is 0.782. The highest BCUT2D eigenvalue weighted by Crippen LogP contribution is 2.14. The van der Waals surface area contributed by atoms with E-state index in [1.54, 1.807) is 12.1 Å². The molecule has 1 aromatic carbocycles. The fourth-order valence-electron chi connectivity index (χ4n) is 3.12. The van der Waals surface area contributed by atoms with Gasteiger partial charge in [0.15, 0.2) is 9.84 Å². The van der Waals surface area contributed by atoms with Crippen molar-refractivity contribution in [3.63, 3.8) is 0 Å². The quantitative estimate of drug-likeness (QED) is 0.770. The van der Waals surface area contributed by atoms with Crippen molar-refractivity contribution in [1.82, 2.24) is 15.5 Å². The highest BCUT2D eigenvalue weighted by atomic mass is 32.2. The van der Waals surface area contributed by atoms with Crippen molar-refractivity contribution < 1.29 is 13.2 Å². The van der Waals surface area contributed by atoms with Gasteiger partial charge in [0.05, 0.1) is 5.75 Å². The Labute approximate surface area is 150 Å². The zero-order chi connectivity index (χ0) is 18.3. The van der Waals surface area contributed by atoms with Crippen LogP contribution in [0.2, 0.25) is 0 Å². The Morgan fingerprint density at radius 2 is 1.88 bits per heavy atom. The molecule has 6 nitrogen and oxygen atoms in total. The molecular formula is C18H29N3O3S. The summed E-state index contributed by atoms with van der Waals surface area (Å²) in [6.45, 7) is 6.46. The Balaban J connectivity index is 1.66. The molecule has 7 heteroatoms. The van der Waals surface area contributed by atoms with Crippen LogP contribution in [0.1, 0.15) is 30.9 Å². The summed E-state index contributed by atoms with van der Waals surface area (Å²) in [4.78, 5) is 14.3. The van der Waals surface area contributed by atoms with Gasteiger partial charge < -0.3 is 15.5 Å². The van der Waals surface area contributed by atoms with Gasteiger partial charge in [-0.25, -0.2) is 13.2 Å². The topological polar surface area (TPSA) is 78.5 Å². The van der Waals surface area contributed by atoms with Gasteiger partial charge in [-0.05, 0) is 36.4 Å². The van der Waals surface area contributed by atoms with Gasteiger partial charge in [0.2, 0.25) is 0 Å². The van der Waals surface area contributed by atoms with Crippen molar-refractivity contribution in [3.8, 4) is 0 Å². The maximum atomic E-state index is 11.9. The lowest BCUT2D eigenvalue weighted by molar-refractivity contribution is 0.184. The van der Waals surface area contributed by atoms with E-state index in [4.69, 9.17) is 0 Å². The second-order valence-corrected chi connectivity index (χ2v) is 9.18. The SMILES string of the molecule is CC1CCCN(CCNC(=O)NCc2ccc(CS(C)(=O)=O)cc2)C1. The number of hydrogen-bond acceptors (Lipinski definition) is 4. The first-order valence-electron chi connectivity index (χ1n) is 8.81. The minimum atomic E-state index is -3.02. The van der Waals surface area contributed by atoms with E-state index in [2.05, 4.69) is 22.5 Å². The minimum absolute atomic E-state index is 0.0380. The molecule has 1 heterocycles. The van der Waals surface area contributed by atoms with Gasteiger partial charge in [0.1, 0.15) is 0 Å². The van der Waals surface area contributed by atoms with Crippen molar-refractivity contribution >= 4 is 15.9 Å². The lowest BCUT2D eigenvalue weighted by Gasteiger charge is -2.30. The van der Waals surface area contributed by atoms with E-state index in [0.717, 1.165) is 36.7 Å². The molecule has 0 aromatic heterocycles. The Morgan fingerprint density at radius 3 is 2.52 bits per heavy atom. The van der Waals surface area contributed by atoms with Crippen LogP contribution in [0, 0.1) is 5.92 Å². The molecule has 1 fully saturated rings. The Bertz CT molecular complexity index is 659. The van der Waals surface area contributed by atoms with E-state index < -0.39 is 9.84 Å². The van der Waals surface area contributed by atoms with E-state index in [1.165, 1.54) is 19.1 Å². The number of carbonyl (C=O) groups is 1. The Morgan fingerprint density at radius 1 is 1.20 bits per heavy atom. The highest BCUT2D eigenvalue weighted by molar-refractivity contribution is 7.89. The predicted molar refractivity (Wildman–Crippen MR) is 100 cm³/mol. The molecule has 140 valence electrons. The largest absolute Gasteiger partial charge is 0.337 e. The van der Waals surface area contributed by atoms with E-state index in [-0.39, 0.29) is 11.8 Å². The van der Waals surface area contributed by atoms with Crippen molar-refractivity contribution in [2.75, 3.05) is 32.4 Å². The van der Waals surface area contributed by atoms with Crippen molar-refractivity contribution in [2.24, 2.45) is 5.92 Å². The van der Waals surface area contributed by atoms with Gasteiger partial charge in [-0.1, -0.05) is 31.2 Å². The monoisotopic (exact) mass is 367 g/mol. The summed E-state index contributed by atoms with van der Waals surface area (Å²) < 4.78 is 22.5. The van der Waals surface area contributed by atoms with E-state index in [1.807, 2.05) is 12.1 Å². The van der Waals surface area contributed by atoms with Gasteiger partial charge in [-0.3, -0.25) is 0 Å². The number of hydrogen-bond donors (Lipinski definition) is 2. The summed E-state index contributed by atoms with van der Waals surface area (Å²) >= 11 is 0. The second kappa shape index (κ2) is 9.20. The van der Waals surface area contributed by atoms with Gasteiger partial charge in [0.25, 0.3) is 0 Å². The summed E-state index contributed by atoms with van der Waals surface area (Å²) in [6.07, 6.45) is 3.76. The average molecular weight is 368 g/mol. The number of benzene rings is 1. The molecule has 0 bridgehead atoms. The van der Waals surface area contributed by atoms with Crippen LogP contribution in [0.15, 0.2) is 24.3 Å². The van der Waals surface area contributed by atoms with E-state index >= 15 is 0 Å². The molecule has 1 unspecified atom stereocenters. The van der Waals surface area contributed by atoms with Gasteiger partial charge >= 0.3 is 6.03 Å². The van der Waals surface area contributed by atoms with Crippen LogP contribution < -0.4 is 10.6 Å². The molecule has 0 aliphatic carbocycles. The molecule has 2 rings (SSSR count). The highest BCUT2D eigenvalue weighted by Gasteiger charge is 2.15. The lowest BCUT2D eigenvalue weighted by Crippen LogP contribution is -2.42. The van der Waals surface area contributed by atoms with E-state index in [0.29, 0.717) is 13.1 Å². The molecule has 0 radical (unpaired) electrons. The first-order valence-corrected chi connectivity index (χ1v) is 10.9. The molecule has 1 atom stereocenters. The van der Waals surface area contributed by atoms with Crippen LogP contribution >= 0.6 is 0 Å². The fourth-order valence-corrected chi connectivity index (χ4v) is 3.92.